The standard InChI is InChI=1S/C16H23N/c1-5-7-8-10-15(3)11-9-12-16(4)13-14-17-6-2/h5,7-14H,6H2,1-4H3/b7-5-,10-8+,12-9-,15-11+,16-13+,17-14?. The second-order valence-corrected chi connectivity index (χ2v) is 3.71. The van der Waals surface area contributed by atoms with Crippen molar-refractivity contribution in [2.45, 2.75) is 27.7 Å². The van der Waals surface area contributed by atoms with Crippen LogP contribution in [0.15, 0.2) is 64.7 Å². The third kappa shape index (κ3) is 10.6. The number of hydrogen-bond acceptors (Lipinski definition) is 1. The van der Waals surface area contributed by atoms with Crippen LogP contribution in [-0.4, -0.2) is 12.8 Å². The van der Waals surface area contributed by atoms with E-state index in [9.17, 15) is 0 Å². The molecule has 0 aromatic rings. The quantitative estimate of drug-likeness (QED) is 0.464. The van der Waals surface area contributed by atoms with Crippen molar-refractivity contribution in [2.24, 2.45) is 4.99 Å². The molecule has 0 aromatic carbocycles. The van der Waals surface area contributed by atoms with Crippen LogP contribution in [0.1, 0.15) is 27.7 Å². The highest BCUT2D eigenvalue weighted by Gasteiger charge is 1.79. The number of nitrogens with zero attached hydrogens (tertiary/aromatic N) is 1. The van der Waals surface area contributed by atoms with E-state index in [1.807, 2.05) is 44.4 Å². The second kappa shape index (κ2) is 10.9. The Morgan fingerprint density at radius 3 is 2.24 bits per heavy atom. The minimum absolute atomic E-state index is 0.836. The van der Waals surface area contributed by atoms with Gasteiger partial charge in [-0.2, -0.15) is 0 Å². The van der Waals surface area contributed by atoms with E-state index < -0.39 is 0 Å². The summed E-state index contributed by atoms with van der Waals surface area (Å²) in [6.07, 6.45) is 18.2. The Bertz CT molecular complexity index is 363. The normalized spacial score (nSPS) is 15.1. The molecule has 0 N–H and O–H groups in total. The molecule has 0 saturated heterocycles. The van der Waals surface area contributed by atoms with Gasteiger partial charge < -0.3 is 0 Å². The molecule has 0 aromatic heterocycles. The minimum atomic E-state index is 0.836. The first-order valence-corrected chi connectivity index (χ1v) is 6.01. The van der Waals surface area contributed by atoms with Gasteiger partial charge >= 0.3 is 0 Å². The van der Waals surface area contributed by atoms with Gasteiger partial charge in [0.15, 0.2) is 0 Å². The number of allylic oxidation sites excluding steroid dienone is 10. The fourth-order valence-electron chi connectivity index (χ4n) is 1.06. The molecule has 0 aliphatic heterocycles. The molecule has 1 heteroatoms. The lowest BCUT2D eigenvalue weighted by molar-refractivity contribution is 1.14. The van der Waals surface area contributed by atoms with E-state index in [2.05, 4.69) is 43.1 Å². The predicted molar refractivity (Wildman–Crippen MR) is 79.6 cm³/mol. The molecule has 0 saturated carbocycles. The van der Waals surface area contributed by atoms with Gasteiger partial charge in [-0.25, -0.2) is 0 Å². The van der Waals surface area contributed by atoms with Crippen molar-refractivity contribution in [1.29, 1.82) is 0 Å². The summed E-state index contributed by atoms with van der Waals surface area (Å²) in [5.74, 6) is 0. The molecule has 0 radical (unpaired) electrons. The molecule has 0 amide bonds. The van der Waals surface area contributed by atoms with Crippen molar-refractivity contribution in [3.8, 4) is 0 Å². The topological polar surface area (TPSA) is 12.4 Å². The van der Waals surface area contributed by atoms with Crippen LogP contribution in [0.4, 0.5) is 0 Å². The van der Waals surface area contributed by atoms with Crippen LogP contribution >= 0.6 is 0 Å². The third-order valence-corrected chi connectivity index (χ3v) is 2.01. The summed E-state index contributed by atoms with van der Waals surface area (Å²) in [6, 6.07) is 0. The van der Waals surface area contributed by atoms with Crippen LogP contribution < -0.4 is 0 Å². The van der Waals surface area contributed by atoms with Crippen LogP contribution in [0, 0.1) is 0 Å². The van der Waals surface area contributed by atoms with Crippen molar-refractivity contribution in [1.82, 2.24) is 0 Å². The van der Waals surface area contributed by atoms with E-state index >= 15 is 0 Å². The summed E-state index contributed by atoms with van der Waals surface area (Å²) >= 11 is 0. The fourth-order valence-corrected chi connectivity index (χ4v) is 1.06. The van der Waals surface area contributed by atoms with Crippen molar-refractivity contribution in [2.75, 3.05) is 6.54 Å². The van der Waals surface area contributed by atoms with E-state index in [-0.39, 0.29) is 0 Å². The van der Waals surface area contributed by atoms with E-state index in [1.54, 1.807) is 0 Å². The lowest BCUT2D eigenvalue weighted by Gasteiger charge is -1.89. The van der Waals surface area contributed by atoms with Crippen LogP contribution in [0.2, 0.25) is 0 Å². The maximum absolute atomic E-state index is 4.14. The molecule has 0 rings (SSSR count). The van der Waals surface area contributed by atoms with Gasteiger partial charge in [0.2, 0.25) is 0 Å². The maximum atomic E-state index is 4.14. The first-order chi connectivity index (χ1) is 8.20. The molecule has 0 heterocycles. The Balaban J connectivity index is 4.29. The highest BCUT2D eigenvalue weighted by molar-refractivity contribution is 5.72. The second-order valence-electron chi connectivity index (χ2n) is 3.71. The van der Waals surface area contributed by atoms with Gasteiger partial charge in [0.25, 0.3) is 0 Å². The van der Waals surface area contributed by atoms with Gasteiger partial charge in [-0.3, -0.25) is 4.99 Å². The highest BCUT2D eigenvalue weighted by atomic mass is 14.7. The average molecular weight is 229 g/mol. The molecule has 1 nitrogen and oxygen atoms in total. The van der Waals surface area contributed by atoms with Gasteiger partial charge in [0.1, 0.15) is 0 Å². The van der Waals surface area contributed by atoms with Crippen molar-refractivity contribution < 1.29 is 0 Å². The zero-order valence-electron chi connectivity index (χ0n) is 11.4. The smallest absolute Gasteiger partial charge is 0.0360 e. The zero-order valence-corrected chi connectivity index (χ0v) is 11.4. The molecule has 0 bridgehead atoms. The fraction of sp³-hybridized carbons (Fsp3) is 0.312. The number of aliphatic imine (C=N–C) groups is 1. The molecule has 0 spiro atoms. The Morgan fingerprint density at radius 2 is 1.59 bits per heavy atom. The third-order valence-electron chi connectivity index (χ3n) is 2.01. The molecule has 0 atom stereocenters. The van der Waals surface area contributed by atoms with Crippen molar-refractivity contribution in [3.63, 3.8) is 0 Å². The monoisotopic (exact) mass is 229 g/mol. The largest absolute Gasteiger partial charge is 0.293 e. The molecule has 0 aliphatic carbocycles. The van der Waals surface area contributed by atoms with Crippen molar-refractivity contribution in [3.05, 3.63) is 59.8 Å². The average Bonchev–Trinajstić information content (AvgIpc) is 2.30. The van der Waals surface area contributed by atoms with Gasteiger partial charge in [0, 0.05) is 12.8 Å². The number of rotatable bonds is 6. The Kier molecular flexibility index (Phi) is 9.83. The predicted octanol–water partition coefficient (Wildman–Crippen LogP) is 4.66. The zero-order chi connectivity index (χ0) is 12.9. The summed E-state index contributed by atoms with van der Waals surface area (Å²) in [6.45, 7) is 9.02. The van der Waals surface area contributed by atoms with Gasteiger partial charge in [-0.15, -0.1) is 0 Å². The minimum Gasteiger partial charge on any atom is -0.293 e. The van der Waals surface area contributed by atoms with Gasteiger partial charge in [-0.1, -0.05) is 48.1 Å². The lowest BCUT2D eigenvalue weighted by atomic mass is 10.2. The number of hydrogen-bond donors (Lipinski definition) is 0. The van der Waals surface area contributed by atoms with Crippen LogP contribution in [0.25, 0.3) is 0 Å². The van der Waals surface area contributed by atoms with E-state index in [4.69, 9.17) is 0 Å². The highest BCUT2D eigenvalue weighted by Crippen LogP contribution is 1.99. The van der Waals surface area contributed by atoms with E-state index in [1.165, 1.54) is 11.1 Å². The molecular formula is C16H23N. The molecule has 0 fully saturated rings. The lowest BCUT2D eigenvalue weighted by Crippen LogP contribution is -1.73. The molecule has 0 aliphatic rings. The Labute approximate surface area is 106 Å². The first kappa shape index (κ1) is 15.4. The summed E-state index contributed by atoms with van der Waals surface area (Å²) in [7, 11) is 0. The summed E-state index contributed by atoms with van der Waals surface area (Å²) in [4.78, 5) is 4.14. The molecule has 17 heavy (non-hydrogen) atoms. The summed E-state index contributed by atoms with van der Waals surface area (Å²) < 4.78 is 0. The molecule has 92 valence electrons. The molecular weight excluding hydrogens is 206 g/mol. The van der Waals surface area contributed by atoms with Gasteiger partial charge in [0.05, 0.1) is 0 Å². The van der Waals surface area contributed by atoms with E-state index in [0.717, 1.165) is 6.54 Å². The van der Waals surface area contributed by atoms with Crippen LogP contribution in [-0.2, 0) is 0 Å². The first-order valence-electron chi connectivity index (χ1n) is 6.01. The van der Waals surface area contributed by atoms with Crippen LogP contribution in [0.3, 0.4) is 0 Å². The van der Waals surface area contributed by atoms with Crippen LogP contribution in [0.5, 0.6) is 0 Å². The van der Waals surface area contributed by atoms with Crippen molar-refractivity contribution >= 4 is 6.21 Å². The Hall–Kier alpha value is -1.63. The maximum Gasteiger partial charge on any atom is 0.0360 e. The molecule has 0 unspecified atom stereocenters. The summed E-state index contributed by atoms with van der Waals surface area (Å²) in [5, 5.41) is 0. The SMILES string of the molecule is C\C=C/C=C/C(C)=C/C=C\C(C)=C\C=NCC. The van der Waals surface area contributed by atoms with Gasteiger partial charge in [-0.05, 0) is 39.3 Å². The van der Waals surface area contributed by atoms with E-state index in [0.29, 0.717) is 0 Å². The summed E-state index contributed by atoms with van der Waals surface area (Å²) in [5.41, 5.74) is 2.43. The Morgan fingerprint density at radius 1 is 0.941 bits per heavy atom.